The van der Waals surface area contributed by atoms with Crippen molar-refractivity contribution < 1.29 is 4.74 Å². The van der Waals surface area contributed by atoms with Gasteiger partial charge < -0.3 is 14.5 Å². The van der Waals surface area contributed by atoms with E-state index in [4.69, 9.17) is 9.73 Å². The third-order valence-corrected chi connectivity index (χ3v) is 7.71. The molecule has 5 rings (SSSR count). The molecule has 3 aliphatic rings. The molecule has 0 spiro atoms. The summed E-state index contributed by atoms with van der Waals surface area (Å²) in [7, 11) is 1.79. The molecule has 2 aromatic rings. The Balaban J connectivity index is 1.55. The van der Waals surface area contributed by atoms with Gasteiger partial charge in [-0.05, 0) is 43.9 Å². The Kier molecular flexibility index (Phi) is 5.59. The first-order chi connectivity index (χ1) is 14.8. The van der Waals surface area contributed by atoms with E-state index in [9.17, 15) is 0 Å². The molecule has 0 saturated carbocycles. The molecule has 3 atom stereocenters. The highest BCUT2D eigenvalue weighted by Gasteiger charge is 2.46. The van der Waals surface area contributed by atoms with Crippen molar-refractivity contribution in [3.8, 4) is 5.75 Å². The van der Waals surface area contributed by atoms with Crippen molar-refractivity contribution in [2.45, 2.75) is 50.7 Å². The summed E-state index contributed by atoms with van der Waals surface area (Å²) in [6.45, 7) is 4.54. The molecule has 4 heterocycles. The smallest absolute Gasteiger partial charge is 0.160 e. The maximum absolute atomic E-state index is 5.96. The standard InChI is InChI=1S/C24H30N4OS/c1-3-17-16-30-24-26-22(20-9-5-6-12-25-20)23(28(17)24)19-11-10-18(15-21(19)29-2)27-13-7-4-8-14-27/h5-6,9-12,15,17,22-23H,3-4,7-8,13-14,16H2,1-2H3/t17-,22+,23-/m1/s1. The van der Waals surface area contributed by atoms with Gasteiger partial charge in [0.05, 0.1) is 18.8 Å². The fraction of sp³-hybridized carbons (Fsp3) is 0.500. The quantitative estimate of drug-likeness (QED) is 0.674. The van der Waals surface area contributed by atoms with E-state index in [0.717, 1.165) is 41.9 Å². The van der Waals surface area contributed by atoms with Crippen molar-refractivity contribution in [1.82, 2.24) is 9.88 Å². The van der Waals surface area contributed by atoms with Gasteiger partial charge in [0.2, 0.25) is 0 Å². The summed E-state index contributed by atoms with van der Waals surface area (Å²) in [5.41, 5.74) is 3.52. The molecular formula is C24H30N4OS. The number of anilines is 1. The third kappa shape index (κ3) is 3.45. The molecule has 3 aliphatic heterocycles. The molecule has 0 aliphatic carbocycles. The number of ether oxygens (including phenoxy) is 1. The van der Waals surface area contributed by atoms with Crippen LogP contribution in [0.15, 0.2) is 47.6 Å². The van der Waals surface area contributed by atoms with Gasteiger partial charge in [-0.15, -0.1) is 0 Å². The minimum absolute atomic E-state index is 0.00205. The fourth-order valence-corrected chi connectivity index (χ4v) is 6.32. The first kappa shape index (κ1) is 19.7. The molecule has 1 aromatic carbocycles. The number of fused-ring (bicyclic) bond motifs is 1. The Morgan fingerprint density at radius 2 is 2.00 bits per heavy atom. The number of aliphatic imine (C=N–C) groups is 1. The molecule has 5 nitrogen and oxygen atoms in total. The zero-order valence-electron chi connectivity index (χ0n) is 17.8. The van der Waals surface area contributed by atoms with E-state index in [1.807, 2.05) is 24.0 Å². The van der Waals surface area contributed by atoms with E-state index in [0.29, 0.717) is 6.04 Å². The molecule has 0 amide bonds. The molecule has 158 valence electrons. The molecule has 2 saturated heterocycles. The van der Waals surface area contributed by atoms with Gasteiger partial charge in [0.15, 0.2) is 5.17 Å². The van der Waals surface area contributed by atoms with Crippen LogP contribution in [0.3, 0.4) is 0 Å². The van der Waals surface area contributed by atoms with Crippen LogP contribution in [-0.2, 0) is 0 Å². The predicted molar refractivity (Wildman–Crippen MR) is 125 cm³/mol. The highest BCUT2D eigenvalue weighted by atomic mass is 32.2. The number of nitrogens with zero attached hydrogens (tertiary/aromatic N) is 4. The van der Waals surface area contributed by atoms with Gasteiger partial charge in [-0.25, -0.2) is 0 Å². The van der Waals surface area contributed by atoms with Crippen LogP contribution in [0.25, 0.3) is 0 Å². The lowest BCUT2D eigenvalue weighted by atomic mass is 9.94. The summed E-state index contributed by atoms with van der Waals surface area (Å²) >= 11 is 1.88. The lowest BCUT2D eigenvalue weighted by Gasteiger charge is -2.34. The van der Waals surface area contributed by atoms with Crippen LogP contribution in [0.1, 0.15) is 55.9 Å². The van der Waals surface area contributed by atoms with Crippen LogP contribution >= 0.6 is 11.8 Å². The van der Waals surface area contributed by atoms with Crippen molar-refractivity contribution in [3.63, 3.8) is 0 Å². The molecule has 2 fully saturated rings. The van der Waals surface area contributed by atoms with E-state index < -0.39 is 0 Å². The van der Waals surface area contributed by atoms with Gasteiger partial charge in [-0.3, -0.25) is 9.98 Å². The normalized spacial score (nSPS) is 25.9. The lowest BCUT2D eigenvalue weighted by molar-refractivity contribution is 0.249. The first-order valence-corrected chi connectivity index (χ1v) is 12.1. The van der Waals surface area contributed by atoms with Crippen molar-refractivity contribution >= 4 is 22.6 Å². The number of hydrogen-bond donors (Lipinski definition) is 0. The number of amidine groups is 1. The summed E-state index contributed by atoms with van der Waals surface area (Å²) in [6, 6.07) is 13.5. The van der Waals surface area contributed by atoms with E-state index in [1.54, 1.807) is 7.11 Å². The number of methoxy groups -OCH3 is 1. The summed E-state index contributed by atoms with van der Waals surface area (Å²) < 4.78 is 5.96. The summed E-state index contributed by atoms with van der Waals surface area (Å²) in [4.78, 5) is 14.8. The number of pyridine rings is 1. The van der Waals surface area contributed by atoms with Gasteiger partial charge in [-0.1, -0.05) is 30.8 Å². The number of aromatic nitrogens is 1. The van der Waals surface area contributed by atoms with Crippen LogP contribution in [0.2, 0.25) is 0 Å². The van der Waals surface area contributed by atoms with Gasteiger partial charge in [0.25, 0.3) is 0 Å². The fourth-order valence-electron chi connectivity index (χ4n) is 4.98. The molecule has 1 aromatic heterocycles. The van der Waals surface area contributed by atoms with Crippen LogP contribution in [0.4, 0.5) is 5.69 Å². The van der Waals surface area contributed by atoms with Crippen molar-refractivity contribution in [2.24, 2.45) is 4.99 Å². The molecule has 0 bridgehead atoms. The van der Waals surface area contributed by atoms with Crippen molar-refractivity contribution in [3.05, 3.63) is 53.9 Å². The van der Waals surface area contributed by atoms with E-state index in [1.165, 1.54) is 30.5 Å². The van der Waals surface area contributed by atoms with Crippen molar-refractivity contribution in [1.29, 1.82) is 0 Å². The van der Waals surface area contributed by atoms with Crippen LogP contribution in [0.5, 0.6) is 5.75 Å². The Bertz CT molecular complexity index is 913. The van der Waals surface area contributed by atoms with Gasteiger partial charge >= 0.3 is 0 Å². The molecular weight excluding hydrogens is 392 g/mol. The Morgan fingerprint density at radius 1 is 1.13 bits per heavy atom. The Morgan fingerprint density at radius 3 is 2.73 bits per heavy atom. The highest BCUT2D eigenvalue weighted by Crippen LogP contribution is 2.50. The Hall–Kier alpha value is -2.21. The number of rotatable bonds is 5. The molecule has 30 heavy (non-hydrogen) atoms. The monoisotopic (exact) mass is 422 g/mol. The van der Waals surface area contributed by atoms with Crippen LogP contribution in [0, 0.1) is 0 Å². The van der Waals surface area contributed by atoms with Crippen LogP contribution < -0.4 is 9.64 Å². The second-order valence-corrected chi connectivity index (χ2v) is 9.30. The number of hydrogen-bond acceptors (Lipinski definition) is 6. The van der Waals surface area contributed by atoms with Crippen molar-refractivity contribution in [2.75, 3.05) is 30.9 Å². The number of benzene rings is 1. The molecule has 0 radical (unpaired) electrons. The van der Waals surface area contributed by atoms with E-state index in [-0.39, 0.29) is 12.1 Å². The summed E-state index contributed by atoms with van der Waals surface area (Å²) in [5, 5.41) is 1.16. The minimum Gasteiger partial charge on any atom is -0.496 e. The molecule has 0 unspecified atom stereocenters. The first-order valence-electron chi connectivity index (χ1n) is 11.1. The second kappa shape index (κ2) is 8.50. The SMILES string of the molecule is CC[C@@H]1CSC2=N[C@@H](c3ccccn3)[C@@H](c3ccc(N4CCCCC4)cc3OC)N21. The number of thioether (sulfide) groups is 1. The summed E-state index contributed by atoms with van der Waals surface area (Å²) in [5.74, 6) is 2.07. The van der Waals surface area contributed by atoms with Crippen LogP contribution in [-0.4, -0.2) is 47.0 Å². The van der Waals surface area contributed by atoms with Gasteiger partial charge in [0.1, 0.15) is 11.8 Å². The predicted octanol–water partition coefficient (Wildman–Crippen LogP) is 5.06. The highest BCUT2D eigenvalue weighted by molar-refractivity contribution is 8.14. The topological polar surface area (TPSA) is 41.0 Å². The largest absolute Gasteiger partial charge is 0.496 e. The maximum Gasteiger partial charge on any atom is 0.160 e. The van der Waals surface area contributed by atoms with Gasteiger partial charge in [0, 0.05) is 48.4 Å². The average molecular weight is 423 g/mol. The van der Waals surface area contributed by atoms with Gasteiger partial charge in [-0.2, -0.15) is 0 Å². The second-order valence-electron chi connectivity index (χ2n) is 8.31. The number of piperidine rings is 1. The summed E-state index contributed by atoms with van der Waals surface area (Å²) in [6.07, 6.45) is 6.87. The zero-order valence-corrected chi connectivity index (χ0v) is 18.6. The zero-order chi connectivity index (χ0) is 20.5. The molecule has 0 N–H and O–H groups in total. The average Bonchev–Trinajstić information content (AvgIpc) is 3.39. The lowest BCUT2D eigenvalue weighted by Crippen LogP contribution is -2.35. The van der Waals surface area contributed by atoms with E-state index in [2.05, 4.69) is 52.0 Å². The third-order valence-electron chi connectivity index (χ3n) is 6.59. The maximum atomic E-state index is 5.96. The molecule has 6 heteroatoms. The Labute approximate surface area is 183 Å². The van der Waals surface area contributed by atoms with E-state index >= 15 is 0 Å². The minimum atomic E-state index is -0.00205.